The summed E-state index contributed by atoms with van der Waals surface area (Å²) >= 11 is 0. The molecule has 0 radical (unpaired) electrons. The Bertz CT molecular complexity index is 600. The Morgan fingerprint density at radius 2 is 1.80 bits per heavy atom. The molecule has 0 spiro atoms. The number of hydrogen-bond acceptors (Lipinski definition) is 3. The zero-order chi connectivity index (χ0) is 14.0. The van der Waals surface area contributed by atoms with E-state index in [0.717, 1.165) is 11.1 Å². The lowest BCUT2D eigenvalue weighted by Crippen LogP contribution is -2.41. The monoisotopic (exact) mass is 272 g/mol. The van der Waals surface area contributed by atoms with E-state index in [-0.39, 0.29) is 0 Å². The first kappa shape index (κ1) is 13.4. The molecular formula is C17H20O3. The van der Waals surface area contributed by atoms with Crippen LogP contribution in [0.1, 0.15) is 18.4 Å². The van der Waals surface area contributed by atoms with E-state index in [2.05, 4.69) is 25.1 Å². The molecule has 2 aromatic rings. The van der Waals surface area contributed by atoms with Crippen LogP contribution < -0.4 is 4.74 Å². The van der Waals surface area contributed by atoms with Gasteiger partial charge in [0.25, 0.3) is 0 Å². The van der Waals surface area contributed by atoms with Crippen molar-refractivity contribution in [1.82, 2.24) is 0 Å². The summed E-state index contributed by atoms with van der Waals surface area (Å²) in [4.78, 5) is 0. The maximum Gasteiger partial charge on any atom is 0.127 e. The summed E-state index contributed by atoms with van der Waals surface area (Å²) in [6, 6.07) is 12.3. The van der Waals surface area contributed by atoms with Crippen LogP contribution in [0.25, 0.3) is 10.8 Å². The lowest BCUT2D eigenvalue weighted by Gasteiger charge is -2.31. The van der Waals surface area contributed by atoms with Crippen molar-refractivity contribution in [3.8, 4) is 5.75 Å². The lowest BCUT2D eigenvalue weighted by atomic mass is 9.95. The van der Waals surface area contributed by atoms with E-state index in [0.29, 0.717) is 32.7 Å². The number of rotatable bonds is 3. The fourth-order valence-electron chi connectivity index (χ4n) is 2.66. The lowest BCUT2D eigenvalue weighted by molar-refractivity contribution is -0.0853. The summed E-state index contributed by atoms with van der Waals surface area (Å²) in [5, 5.41) is 12.8. The van der Waals surface area contributed by atoms with Gasteiger partial charge in [0.15, 0.2) is 0 Å². The van der Waals surface area contributed by atoms with Crippen LogP contribution in [0.3, 0.4) is 0 Å². The zero-order valence-electron chi connectivity index (χ0n) is 11.8. The van der Waals surface area contributed by atoms with E-state index in [1.54, 1.807) is 0 Å². The van der Waals surface area contributed by atoms with Crippen molar-refractivity contribution in [2.45, 2.75) is 25.4 Å². The minimum atomic E-state index is -0.760. The Labute approximate surface area is 119 Å². The van der Waals surface area contributed by atoms with E-state index < -0.39 is 5.60 Å². The van der Waals surface area contributed by atoms with Crippen molar-refractivity contribution >= 4 is 10.8 Å². The van der Waals surface area contributed by atoms with Gasteiger partial charge in [-0.2, -0.15) is 0 Å². The van der Waals surface area contributed by atoms with Gasteiger partial charge >= 0.3 is 0 Å². The van der Waals surface area contributed by atoms with Crippen LogP contribution in [-0.2, 0) is 4.74 Å². The molecule has 1 aliphatic rings. The first-order valence-corrected chi connectivity index (χ1v) is 7.09. The van der Waals surface area contributed by atoms with E-state index in [9.17, 15) is 5.11 Å². The highest BCUT2D eigenvalue weighted by atomic mass is 16.5. The van der Waals surface area contributed by atoms with Crippen LogP contribution in [-0.4, -0.2) is 30.5 Å². The minimum absolute atomic E-state index is 0.323. The topological polar surface area (TPSA) is 38.7 Å². The molecule has 1 saturated heterocycles. The number of fused-ring (bicyclic) bond motifs is 1. The maximum atomic E-state index is 10.5. The van der Waals surface area contributed by atoms with Gasteiger partial charge in [-0.25, -0.2) is 0 Å². The van der Waals surface area contributed by atoms with Gasteiger partial charge in [-0.3, -0.25) is 0 Å². The molecule has 0 amide bonds. The average molecular weight is 272 g/mol. The Morgan fingerprint density at radius 3 is 2.55 bits per heavy atom. The molecule has 0 unspecified atom stereocenters. The highest BCUT2D eigenvalue weighted by Crippen LogP contribution is 2.30. The third-order valence-electron chi connectivity index (χ3n) is 4.02. The summed E-state index contributed by atoms with van der Waals surface area (Å²) in [5.41, 5.74) is 0.474. The van der Waals surface area contributed by atoms with E-state index >= 15 is 0 Å². The normalized spacial score (nSPS) is 18.1. The summed E-state index contributed by atoms with van der Waals surface area (Å²) in [5.74, 6) is 0.839. The summed E-state index contributed by atoms with van der Waals surface area (Å²) in [6.07, 6.45) is 1.27. The van der Waals surface area contributed by atoms with Crippen LogP contribution in [0.4, 0.5) is 0 Å². The smallest absolute Gasteiger partial charge is 0.127 e. The van der Waals surface area contributed by atoms with Gasteiger partial charge in [-0.1, -0.05) is 30.3 Å². The number of aryl methyl sites for hydroxylation is 1. The molecule has 106 valence electrons. The first-order chi connectivity index (χ1) is 9.68. The third-order valence-corrected chi connectivity index (χ3v) is 4.02. The molecule has 0 saturated carbocycles. The molecule has 2 aromatic carbocycles. The van der Waals surface area contributed by atoms with Gasteiger partial charge in [0.05, 0.1) is 0 Å². The zero-order valence-corrected chi connectivity index (χ0v) is 11.8. The second-order valence-corrected chi connectivity index (χ2v) is 5.55. The number of aliphatic hydroxyl groups is 1. The molecule has 3 heteroatoms. The quantitative estimate of drug-likeness (QED) is 0.933. The highest BCUT2D eigenvalue weighted by Gasteiger charge is 2.30. The first-order valence-electron chi connectivity index (χ1n) is 7.09. The van der Waals surface area contributed by atoms with Crippen molar-refractivity contribution in [1.29, 1.82) is 0 Å². The van der Waals surface area contributed by atoms with Crippen molar-refractivity contribution in [3.63, 3.8) is 0 Å². The molecule has 1 N–H and O–H groups in total. The van der Waals surface area contributed by atoms with Gasteiger partial charge < -0.3 is 14.6 Å². The van der Waals surface area contributed by atoms with Crippen LogP contribution in [0.2, 0.25) is 0 Å². The summed E-state index contributed by atoms with van der Waals surface area (Å²) in [7, 11) is 0. The Hall–Kier alpha value is -1.58. The fourth-order valence-corrected chi connectivity index (χ4v) is 2.66. The predicted molar refractivity (Wildman–Crippen MR) is 79.2 cm³/mol. The molecule has 3 nitrogen and oxygen atoms in total. The molecule has 0 bridgehead atoms. The Kier molecular flexibility index (Phi) is 3.64. The second kappa shape index (κ2) is 5.43. The average Bonchev–Trinajstić information content (AvgIpc) is 2.48. The predicted octanol–water partition coefficient (Wildman–Crippen LogP) is 3.07. The van der Waals surface area contributed by atoms with Crippen molar-refractivity contribution in [3.05, 3.63) is 42.0 Å². The molecule has 0 atom stereocenters. The number of ether oxygens (including phenoxy) is 2. The summed E-state index contributed by atoms with van der Waals surface area (Å²) < 4.78 is 11.2. The van der Waals surface area contributed by atoms with Crippen molar-refractivity contribution < 1.29 is 14.6 Å². The standard InChI is InChI=1S/C17H20O3/c1-13-6-7-16(15-5-3-2-4-14(13)15)20-12-17(18)8-10-19-11-9-17/h2-7,18H,8-12H2,1H3. The van der Waals surface area contributed by atoms with Crippen molar-refractivity contribution in [2.24, 2.45) is 0 Å². The molecule has 3 rings (SSSR count). The van der Waals surface area contributed by atoms with Crippen LogP contribution in [0.5, 0.6) is 5.75 Å². The minimum Gasteiger partial charge on any atom is -0.490 e. The fraction of sp³-hybridized carbons (Fsp3) is 0.412. The largest absolute Gasteiger partial charge is 0.490 e. The second-order valence-electron chi connectivity index (χ2n) is 5.55. The Morgan fingerprint density at radius 1 is 1.10 bits per heavy atom. The van der Waals surface area contributed by atoms with E-state index in [1.807, 2.05) is 18.2 Å². The van der Waals surface area contributed by atoms with E-state index in [1.165, 1.54) is 10.9 Å². The number of benzene rings is 2. The highest BCUT2D eigenvalue weighted by molar-refractivity contribution is 5.90. The van der Waals surface area contributed by atoms with Crippen LogP contribution in [0.15, 0.2) is 36.4 Å². The molecule has 0 aliphatic carbocycles. The van der Waals surface area contributed by atoms with Gasteiger partial charge in [0, 0.05) is 31.4 Å². The van der Waals surface area contributed by atoms with Crippen LogP contribution >= 0.6 is 0 Å². The molecule has 0 aromatic heterocycles. The maximum absolute atomic E-state index is 10.5. The molecule has 1 heterocycles. The van der Waals surface area contributed by atoms with E-state index in [4.69, 9.17) is 9.47 Å². The van der Waals surface area contributed by atoms with Gasteiger partial charge in [0.2, 0.25) is 0 Å². The molecule has 1 fully saturated rings. The van der Waals surface area contributed by atoms with Gasteiger partial charge in [0.1, 0.15) is 18.0 Å². The molecule has 20 heavy (non-hydrogen) atoms. The molecular weight excluding hydrogens is 252 g/mol. The Balaban J connectivity index is 1.82. The van der Waals surface area contributed by atoms with Crippen molar-refractivity contribution in [2.75, 3.05) is 19.8 Å². The number of hydrogen-bond donors (Lipinski definition) is 1. The van der Waals surface area contributed by atoms with Gasteiger partial charge in [-0.15, -0.1) is 0 Å². The molecule has 1 aliphatic heterocycles. The SMILES string of the molecule is Cc1ccc(OCC2(O)CCOCC2)c2ccccc12. The van der Waals surface area contributed by atoms with Crippen LogP contribution in [0, 0.1) is 6.92 Å². The summed E-state index contributed by atoms with van der Waals surface area (Å²) in [6.45, 7) is 3.63. The van der Waals surface area contributed by atoms with Gasteiger partial charge in [-0.05, 0) is 23.9 Å². The third kappa shape index (κ3) is 2.65.